The summed E-state index contributed by atoms with van der Waals surface area (Å²) in [4.78, 5) is 5.17. The zero-order valence-corrected chi connectivity index (χ0v) is 16.9. The van der Waals surface area contributed by atoms with E-state index in [4.69, 9.17) is 0 Å². The molecule has 4 rings (SSSR count). The Bertz CT molecular complexity index is 881. The van der Waals surface area contributed by atoms with E-state index in [2.05, 4.69) is 70.5 Å². The summed E-state index contributed by atoms with van der Waals surface area (Å²) < 4.78 is 13.6. The van der Waals surface area contributed by atoms with Crippen LogP contribution in [0.3, 0.4) is 0 Å². The molecule has 0 radical (unpaired) electrons. The second-order valence-electron chi connectivity index (χ2n) is 8.00. The van der Waals surface area contributed by atoms with E-state index in [1.54, 1.807) is 6.07 Å². The molecule has 0 spiro atoms. The molecule has 3 heteroatoms. The summed E-state index contributed by atoms with van der Waals surface area (Å²) >= 11 is 0. The van der Waals surface area contributed by atoms with Crippen LogP contribution in [0.15, 0.2) is 84.9 Å². The number of piperazine rings is 1. The molecular weight excluding hydrogens is 359 g/mol. The van der Waals surface area contributed by atoms with Crippen molar-refractivity contribution in [1.82, 2.24) is 9.80 Å². The smallest absolute Gasteiger partial charge is 0.123 e. The van der Waals surface area contributed by atoms with Gasteiger partial charge in [0.1, 0.15) is 5.82 Å². The highest BCUT2D eigenvalue weighted by atomic mass is 19.1. The average Bonchev–Trinajstić information content (AvgIpc) is 2.75. The fourth-order valence-electron chi connectivity index (χ4n) is 4.27. The third-order valence-electron chi connectivity index (χ3n) is 5.82. The molecule has 2 nitrogen and oxygen atoms in total. The summed E-state index contributed by atoms with van der Waals surface area (Å²) in [6.45, 7) is 5.18. The fraction of sp³-hybridized carbons (Fsp3) is 0.308. The lowest BCUT2D eigenvalue weighted by Gasteiger charge is -2.42. The van der Waals surface area contributed by atoms with Crippen LogP contribution in [0, 0.1) is 5.82 Å². The maximum Gasteiger partial charge on any atom is 0.123 e. The van der Waals surface area contributed by atoms with Gasteiger partial charge in [0.25, 0.3) is 0 Å². The van der Waals surface area contributed by atoms with Crippen LogP contribution >= 0.6 is 0 Å². The van der Waals surface area contributed by atoms with E-state index in [-0.39, 0.29) is 5.82 Å². The Hall–Kier alpha value is -2.49. The Kier molecular flexibility index (Phi) is 6.71. The van der Waals surface area contributed by atoms with Gasteiger partial charge in [-0.3, -0.25) is 9.80 Å². The Morgan fingerprint density at radius 1 is 0.724 bits per heavy atom. The largest absolute Gasteiger partial charge is 0.296 e. The SMILES string of the molecule is Fc1cccc(CCC2CN(Cc3ccccc3)CCN2Cc2ccccc2)c1. The molecule has 3 aromatic rings. The van der Waals surface area contributed by atoms with E-state index in [1.807, 2.05) is 12.1 Å². The van der Waals surface area contributed by atoms with Gasteiger partial charge in [0, 0.05) is 38.8 Å². The average molecular weight is 389 g/mol. The number of nitrogens with zero attached hydrogens (tertiary/aromatic N) is 2. The van der Waals surface area contributed by atoms with Gasteiger partial charge >= 0.3 is 0 Å². The quantitative estimate of drug-likeness (QED) is 0.553. The molecular formula is C26H29FN2. The number of benzene rings is 3. The molecule has 1 aliphatic rings. The molecule has 1 aliphatic heterocycles. The summed E-state index contributed by atoms with van der Waals surface area (Å²) in [5.41, 5.74) is 3.82. The van der Waals surface area contributed by atoms with Gasteiger partial charge in [-0.15, -0.1) is 0 Å². The van der Waals surface area contributed by atoms with Gasteiger partial charge in [-0.2, -0.15) is 0 Å². The predicted octanol–water partition coefficient (Wildman–Crippen LogP) is 5.14. The normalized spacial score (nSPS) is 18.0. The van der Waals surface area contributed by atoms with Crippen LogP contribution in [0.25, 0.3) is 0 Å². The van der Waals surface area contributed by atoms with Gasteiger partial charge in [0.2, 0.25) is 0 Å². The molecule has 3 aromatic carbocycles. The van der Waals surface area contributed by atoms with Crippen molar-refractivity contribution in [2.24, 2.45) is 0 Å². The first-order chi connectivity index (χ1) is 14.3. The number of halogens is 1. The van der Waals surface area contributed by atoms with Crippen molar-refractivity contribution >= 4 is 0 Å². The number of rotatable bonds is 7. The van der Waals surface area contributed by atoms with E-state index in [0.29, 0.717) is 6.04 Å². The second kappa shape index (κ2) is 9.82. The summed E-state index contributed by atoms with van der Waals surface area (Å²) in [6.07, 6.45) is 1.95. The minimum atomic E-state index is -0.141. The van der Waals surface area contributed by atoms with Crippen LogP contribution in [-0.2, 0) is 19.5 Å². The predicted molar refractivity (Wildman–Crippen MR) is 117 cm³/mol. The number of aryl methyl sites for hydroxylation is 1. The molecule has 0 bridgehead atoms. The maximum atomic E-state index is 13.6. The van der Waals surface area contributed by atoms with E-state index >= 15 is 0 Å². The van der Waals surface area contributed by atoms with Gasteiger partial charge in [-0.25, -0.2) is 4.39 Å². The van der Waals surface area contributed by atoms with Crippen molar-refractivity contribution in [2.75, 3.05) is 19.6 Å². The minimum Gasteiger partial charge on any atom is -0.296 e. The van der Waals surface area contributed by atoms with Gasteiger partial charge in [0.05, 0.1) is 0 Å². The molecule has 0 amide bonds. The summed E-state index contributed by atoms with van der Waals surface area (Å²) in [6, 6.07) is 28.9. The van der Waals surface area contributed by atoms with E-state index in [9.17, 15) is 4.39 Å². The van der Waals surface area contributed by atoms with Crippen molar-refractivity contribution in [3.8, 4) is 0 Å². The van der Waals surface area contributed by atoms with Crippen LogP contribution in [0.1, 0.15) is 23.1 Å². The molecule has 0 saturated carbocycles. The third-order valence-corrected chi connectivity index (χ3v) is 5.82. The van der Waals surface area contributed by atoms with Crippen LogP contribution in [-0.4, -0.2) is 35.5 Å². The van der Waals surface area contributed by atoms with Gasteiger partial charge < -0.3 is 0 Å². The standard InChI is InChI=1S/C26H29FN2/c27-25-13-7-12-22(18-25)14-15-26-21-28(19-23-8-3-1-4-9-23)16-17-29(26)20-24-10-5-2-6-11-24/h1-13,18,26H,14-17,19-21H2. The lowest BCUT2D eigenvalue weighted by atomic mass is 10.0. The Labute approximate surface area is 173 Å². The molecule has 1 unspecified atom stereocenters. The first-order valence-electron chi connectivity index (χ1n) is 10.5. The van der Waals surface area contributed by atoms with Crippen molar-refractivity contribution < 1.29 is 4.39 Å². The first kappa shape index (κ1) is 19.8. The van der Waals surface area contributed by atoms with Crippen LogP contribution < -0.4 is 0 Å². The highest BCUT2D eigenvalue weighted by Gasteiger charge is 2.26. The van der Waals surface area contributed by atoms with Crippen LogP contribution in [0.4, 0.5) is 4.39 Å². The molecule has 0 aromatic heterocycles. The summed E-state index contributed by atoms with van der Waals surface area (Å²) in [7, 11) is 0. The molecule has 0 aliphatic carbocycles. The van der Waals surface area contributed by atoms with E-state index in [0.717, 1.165) is 51.1 Å². The van der Waals surface area contributed by atoms with Crippen molar-refractivity contribution in [1.29, 1.82) is 0 Å². The second-order valence-corrected chi connectivity index (χ2v) is 8.00. The van der Waals surface area contributed by atoms with Gasteiger partial charge in [0.15, 0.2) is 0 Å². The zero-order valence-electron chi connectivity index (χ0n) is 16.9. The first-order valence-corrected chi connectivity index (χ1v) is 10.5. The van der Waals surface area contributed by atoms with E-state index < -0.39 is 0 Å². The fourth-order valence-corrected chi connectivity index (χ4v) is 4.27. The van der Waals surface area contributed by atoms with Crippen molar-refractivity contribution in [2.45, 2.75) is 32.0 Å². The lowest BCUT2D eigenvalue weighted by molar-refractivity contribution is 0.0597. The highest BCUT2D eigenvalue weighted by molar-refractivity contribution is 5.18. The van der Waals surface area contributed by atoms with E-state index in [1.165, 1.54) is 17.2 Å². The monoisotopic (exact) mass is 388 g/mol. The Balaban J connectivity index is 1.44. The molecule has 1 heterocycles. The molecule has 29 heavy (non-hydrogen) atoms. The third kappa shape index (κ3) is 5.75. The number of hydrogen-bond acceptors (Lipinski definition) is 2. The molecule has 1 atom stereocenters. The lowest BCUT2D eigenvalue weighted by Crippen LogP contribution is -2.52. The Morgan fingerprint density at radius 3 is 2.07 bits per heavy atom. The highest BCUT2D eigenvalue weighted by Crippen LogP contribution is 2.20. The number of hydrogen-bond donors (Lipinski definition) is 0. The van der Waals surface area contributed by atoms with Crippen molar-refractivity contribution in [3.63, 3.8) is 0 Å². The zero-order chi connectivity index (χ0) is 19.9. The topological polar surface area (TPSA) is 6.48 Å². The molecule has 150 valence electrons. The molecule has 1 saturated heterocycles. The molecule has 1 fully saturated rings. The van der Waals surface area contributed by atoms with Crippen LogP contribution in [0.5, 0.6) is 0 Å². The Morgan fingerprint density at radius 2 is 1.38 bits per heavy atom. The summed E-state index contributed by atoms with van der Waals surface area (Å²) in [5.74, 6) is -0.141. The molecule has 0 N–H and O–H groups in total. The minimum absolute atomic E-state index is 0.141. The van der Waals surface area contributed by atoms with Crippen molar-refractivity contribution in [3.05, 3.63) is 107 Å². The summed E-state index contributed by atoms with van der Waals surface area (Å²) in [5, 5.41) is 0. The van der Waals surface area contributed by atoms with Crippen LogP contribution in [0.2, 0.25) is 0 Å². The van der Waals surface area contributed by atoms with Gasteiger partial charge in [-0.1, -0.05) is 72.8 Å². The van der Waals surface area contributed by atoms with Gasteiger partial charge in [-0.05, 0) is 41.7 Å². The maximum absolute atomic E-state index is 13.6.